The zero-order valence-electron chi connectivity index (χ0n) is 11.9. The second-order valence-corrected chi connectivity index (χ2v) is 4.93. The first kappa shape index (κ1) is 15.2. The van der Waals surface area contributed by atoms with Gasteiger partial charge in [0.15, 0.2) is 0 Å². The largest absolute Gasteiger partial charge is 0.495 e. The third kappa shape index (κ3) is 2.95. The van der Waals surface area contributed by atoms with Crippen LogP contribution >= 0.6 is 11.6 Å². The van der Waals surface area contributed by atoms with Crippen LogP contribution in [0.3, 0.4) is 0 Å². The van der Waals surface area contributed by atoms with Gasteiger partial charge in [-0.25, -0.2) is 4.79 Å². The Morgan fingerprint density at radius 1 is 1.14 bits per heavy atom. The molecule has 0 amide bonds. The number of carboxylic acids is 1. The van der Waals surface area contributed by atoms with E-state index in [4.69, 9.17) is 26.2 Å². The molecule has 0 aliphatic rings. The maximum atomic E-state index is 11.2. The number of carboxylic acid groups (broad SMARTS) is 1. The lowest BCUT2D eigenvalue weighted by atomic mass is 9.99. The van der Waals surface area contributed by atoms with Crippen LogP contribution in [0, 0.1) is 6.92 Å². The lowest BCUT2D eigenvalue weighted by molar-refractivity contribution is 0.0697. The minimum atomic E-state index is -0.974. The van der Waals surface area contributed by atoms with Gasteiger partial charge in [0.25, 0.3) is 0 Å². The summed E-state index contributed by atoms with van der Waals surface area (Å²) in [4.78, 5) is 11.2. The molecule has 0 aliphatic heterocycles. The number of benzene rings is 2. The summed E-state index contributed by atoms with van der Waals surface area (Å²) in [5.74, 6) is -0.0140. The lowest BCUT2D eigenvalue weighted by Crippen LogP contribution is -1.98. The highest BCUT2D eigenvalue weighted by Crippen LogP contribution is 2.42. The fourth-order valence-electron chi connectivity index (χ4n) is 2.18. The summed E-state index contributed by atoms with van der Waals surface area (Å²) < 4.78 is 10.5. The Hall–Kier alpha value is -2.20. The van der Waals surface area contributed by atoms with Crippen molar-refractivity contribution < 1.29 is 19.4 Å². The number of halogens is 1. The predicted octanol–water partition coefficient (Wildman–Crippen LogP) is 4.03. The molecule has 0 heterocycles. The van der Waals surface area contributed by atoms with E-state index in [1.807, 2.05) is 13.0 Å². The van der Waals surface area contributed by atoms with Crippen molar-refractivity contribution in [3.63, 3.8) is 0 Å². The van der Waals surface area contributed by atoms with E-state index in [0.29, 0.717) is 16.5 Å². The molecular weight excluding hydrogens is 292 g/mol. The van der Waals surface area contributed by atoms with E-state index in [1.54, 1.807) is 24.3 Å². The SMILES string of the molecule is COc1ccc(-c2cc(C)cc(C(=O)O)c2)c(OC)c1Cl. The smallest absolute Gasteiger partial charge is 0.335 e. The Morgan fingerprint density at radius 2 is 1.86 bits per heavy atom. The van der Waals surface area contributed by atoms with Crippen LogP contribution in [0.2, 0.25) is 5.02 Å². The molecule has 0 unspecified atom stereocenters. The van der Waals surface area contributed by atoms with E-state index in [0.717, 1.165) is 16.7 Å². The molecule has 21 heavy (non-hydrogen) atoms. The van der Waals surface area contributed by atoms with Gasteiger partial charge in [-0.15, -0.1) is 0 Å². The summed E-state index contributed by atoms with van der Waals surface area (Å²) in [5, 5.41) is 9.52. The fraction of sp³-hybridized carbons (Fsp3) is 0.188. The maximum Gasteiger partial charge on any atom is 0.335 e. The quantitative estimate of drug-likeness (QED) is 0.926. The minimum absolute atomic E-state index is 0.221. The average molecular weight is 307 g/mol. The van der Waals surface area contributed by atoms with Crippen molar-refractivity contribution in [3.8, 4) is 22.6 Å². The number of hydrogen-bond acceptors (Lipinski definition) is 3. The summed E-state index contributed by atoms with van der Waals surface area (Å²) in [7, 11) is 3.04. The average Bonchev–Trinajstić information content (AvgIpc) is 2.46. The molecule has 0 bridgehead atoms. The first-order chi connectivity index (χ1) is 9.97. The summed E-state index contributed by atoms with van der Waals surface area (Å²) in [6.07, 6.45) is 0. The maximum absolute atomic E-state index is 11.2. The molecular formula is C16H15ClO4. The van der Waals surface area contributed by atoms with Crippen molar-refractivity contribution in [1.29, 1.82) is 0 Å². The molecule has 2 aromatic rings. The molecule has 0 aliphatic carbocycles. The Balaban J connectivity index is 2.67. The molecule has 0 spiro atoms. The van der Waals surface area contributed by atoms with Crippen LogP contribution in [0.15, 0.2) is 30.3 Å². The van der Waals surface area contributed by atoms with Crippen molar-refractivity contribution in [2.75, 3.05) is 14.2 Å². The first-order valence-corrected chi connectivity index (χ1v) is 6.61. The zero-order valence-corrected chi connectivity index (χ0v) is 12.7. The van der Waals surface area contributed by atoms with Crippen molar-refractivity contribution in [2.24, 2.45) is 0 Å². The molecule has 2 aromatic carbocycles. The Morgan fingerprint density at radius 3 is 2.43 bits per heavy atom. The fourth-order valence-corrected chi connectivity index (χ4v) is 2.50. The molecule has 0 saturated heterocycles. The summed E-state index contributed by atoms with van der Waals surface area (Å²) in [5.41, 5.74) is 2.51. The molecule has 0 radical (unpaired) electrons. The molecule has 2 rings (SSSR count). The van der Waals surface area contributed by atoms with Gasteiger partial charge in [0, 0.05) is 5.56 Å². The van der Waals surface area contributed by atoms with Gasteiger partial charge in [0.05, 0.1) is 19.8 Å². The second-order valence-electron chi connectivity index (χ2n) is 4.56. The van der Waals surface area contributed by atoms with E-state index in [2.05, 4.69) is 0 Å². The van der Waals surface area contributed by atoms with Crippen LogP contribution in [0.25, 0.3) is 11.1 Å². The lowest BCUT2D eigenvalue weighted by Gasteiger charge is -2.14. The third-order valence-electron chi connectivity index (χ3n) is 3.12. The van der Waals surface area contributed by atoms with Crippen molar-refractivity contribution in [2.45, 2.75) is 6.92 Å². The minimum Gasteiger partial charge on any atom is -0.495 e. The van der Waals surface area contributed by atoms with Gasteiger partial charge in [-0.3, -0.25) is 0 Å². The number of ether oxygens (including phenoxy) is 2. The van der Waals surface area contributed by atoms with Crippen LogP contribution in [-0.2, 0) is 0 Å². The van der Waals surface area contributed by atoms with E-state index in [-0.39, 0.29) is 5.56 Å². The molecule has 4 nitrogen and oxygen atoms in total. The van der Waals surface area contributed by atoms with Gasteiger partial charge in [-0.2, -0.15) is 0 Å². The van der Waals surface area contributed by atoms with Crippen molar-refractivity contribution in [3.05, 3.63) is 46.5 Å². The van der Waals surface area contributed by atoms with Crippen molar-refractivity contribution >= 4 is 17.6 Å². The van der Waals surface area contributed by atoms with E-state index >= 15 is 0 Å². The summed E-state index contributed by atoms with van der Waals surface area (Å²) in [6, 6.07) is 8.61. The Bertz CT molecular complexity index is 695. The number of methoxy groups -OCH3 is 2. The van der Waals surface area contributed by atoms with Crippen LogP contribution < -0.4 is 9.47 Å². The predicted molar refractivity (Wildman–Crippen MR) is 81.7 cm³/mol. The van der Waals surface area contributed by atoms with Gasteiger partial charge in [-0.1, -0.05) is 17.7 Å². The summed E-state index contributed by atoms with van der Waals surface area (Å²) in [6.45, 7) is 1.84. The topological polar surface area (TPSA) is 55.8 Å². The number of carbonyl (C=O) groups is 1. The second kappa shape index (κ2) is 6.06. The highest BCUT2D eigenvalue weighted by atomic mass is 35.5. The summed E-state index contributed by atoms with van der Waals surface area (Å²) >= 11 is 6.24. The first-order valence-electron chi connectivity index (χ1n) is 6.23. The van der Waals surface area contributed by atoms with Gasteiger partial charge >= 0.3 is 5.97 Å². The standard InChI is InChI=1S/C16H15ClO4/c1-9-6-10(8-11(7-9)16(18)19)12-4-5-13(20-2)14(17)15(12)21-3/h4-8H,1-3H3,(H,18,19). The normalized spacial score (nSPS) is 10.3. The molecule has 1 N–H and O–H groups in total. The zero-order chi connectivity index (χ0) is 15.6. The Kier molecular flexibility index (Phi) is 4.38. The van der Waals surface area contributed by atoms with Gasteiger partial charge < -0.3 is 14.6 Å². The molecule has 0 saturated carbocycles. The highest BCUT2D eigenvalue weighted by Gasteiger charge is 2.16. The van der Waals surface area contributed by atoms with Gasteiger partial charge in [0.2, 0.25) is 0 Å². The van der Waals surface area contributed by atoms with Gasteiger partial charge in [0.1, 0.15) is 16.5 Å². The van der Waals surface area contributed by atoms with Crippen LogP contribution in [-0.4, -0.2) is 25.3 Å². The van der Waals surface area contributed by atoms with Crippen LogP contribution in [0.1, 0.15) is 15.9 Å². The monoisotopic (exact) mass is 306 g/mol. The molecule has 0 aromatic heterocycles. The highest BCUT2D eigenvalue weighted by molar-refractivity contribution is 6.34. The number of rotatable bonds is 4. The Labute approximate surface area is 127 Å². The molecule has 0 fully saturated rings. The van der Waals surface area contributed by atoms with Crippen LogP contribution in [0.5, 0.6) is 11.5 Å². The molecule has 0 atom stereocenters. The third-order valence-corrected chi connectivity index (χ3v) is 3.48. The number of hydrogen-bond donors (Lipinski definition) is 1. The number of aryl methyl sites for hydroxylation is 1. The van der Waals surface area contributed by atoms with E-state index < -0.39 is 5.97 Å². The van der Waals surface area contributed by atoms with Gasteiger partial charge in [-0.05, 0) is 42.3 Å². The number of aromatic carboxylic acids is 1. The van der Waals surface area contributed by atoms with E-state index in [9.17, 15) is 4.79 Å². The van der Waals surface area contributed by atoms with Crippen molar-refractivity contribution in [1.82, 2.24) is 0 Å². The molecule has 110 valence electrons. The van der Waals surface area contributed by atoms with E-state index in [1.165, 1.54) is 14.2 Å². The van der Waals surface area contributed by atoms with Crippen LogP contribution in [0.4, 0.5) is 0 Å². The molecule has 5 heteroatoms.